The zero-order valence-corrected chi connectivity index (χ0v) is 17.8. The summed E-state index contributed by atoms with van der Waals surface area (Å²) in [4.78, 5) is 30.2. The number of likely N-dealkylation sites (tertiary alicyclic amines) is 1. The lowest BCUT2D eigenvalue weighted by atomic mass is 10.0. The predicted molar refractivity (Wildman–Crippen MR) is 123 cm³/mol. The summed E-state index contributed by atoms with van der Waals surface area (Å²) in [6.07, 6.45) is 5.65. The van der Waals surface area contributed by atoms with Crippen LogP contribution in [0.25, 0.3) is 27.7 Å². The summed E-state index contributed by atoms with van der Waals surface area (Å²) in [5.41, 5.74) is 3.92. The fourth-order valence-corrected chi connectivity index (χ4v) is 4.91. The molecule has 162 valence electrons. The van der Waals surface area contributed by atoms with Crippen molar-refractivity contribution in [2.24, 2.45) is 11.8 Å². The molecular formula is C25H25N5O2. The van der Waals surface area contributed by atoms with E-state index in [0.29, 0.717) is 18.2 Å². The number of rotatable bonds is 5. The molecule has 0 unspecified atom stereocenters. The Balaban J connectivity index is 1.24. The quantitative estimate of drug-likeness (QED) is 0.511. The van der Waals surface area contributed by atoms with Gasteiger partial charge in [0.05, 0.1) is 5.69 Å². The minimum Gasteiger partial charge on any atom is -0.361 e. The molecule has 6 rings (SSSR count). The number of hydrogen-bond acceptors (Lipinski definition) is 3. The normalized spacial score (nSPS) is 18.5. The SMILES string of the molecule is O=C(C1CC1)N1CC[C@@H](Cc2n[nH]c(=O)n2-c2ccc(-c3cccc4[nH]ccc34)cc2)C1. The first-order chi connectivity index (χ1) is 15.7. The van der Waals surface area contributed by atoms with Gasteiger partial charge >= 0.3 is 5.69 Å². The molecule has 1 aliphatic carbocycles. The molecule has 7 heteroatoms. The Labute approximate surface area is 185 Å². The Morgan fingerprint density at radius 3 is 2.72 bits per heavy atom. The lowest BCUT2D eigenvalue weighted by Gasteiger charge is -2.16. The van der Waals surface area contributed by atoms with Crippen molar-refractivity contribution in [2.45, 2.75) is 25.7 Å². The maximum Gasteiger partial charge on any atom is 0.347 e. The third-order valence-electron chi connectivity index (χ3n) is 6.77. The molecule has 1 saturated carbocycles. The van der Waals surface area contributed by atoms with Crippen LogP contribution in [0.3, 0.4) is 0 Å². The highest BCUT2D eigenvalue weighted by Crippen LogP contribution is 2.33. The van der Waals surface area contributed by atoms with Crippen molar-refractivity contribution in [3.63, 3.8) is 0 Å². The first kappa shape index (κ1) is 19.1. The van der Waals surface area contributed by atoms with E-state index >= 15 is 0 Å². The molecule has 0 spiro atoms. The molecule has 4 aromatic rings. The van der Waals surface area contributed by atoms with E-state index < -0.39 is 0 Å². The topological polar surface area (TPSA) is 86.8 Å². The standard InChI is InChI=1S/C25H25N5O2/c31-24(18-4-5-18)29-13-11-16(15-29)14-23-27-28-25(32)30(23)19-8-6-17(7-9-19)20-2-1-3-22-21(20)10-12-26-22/h1-3,6-10,12,16,18,26H,4-5,11,13-15H2,(H,28,32)/t16-/m0/s1. The molecule has 2 aromatic carbocycles. The third kappa shape index (κ3) is 3.34. The van der Waals surface area contributed by atoms with Crippen LogP contribution in [0.2, 0.25) is 0 Å². The molecular weight excluding hydrogens is 402 g/mol. The number of carbonyl (C=O) groups is 1. The monoisotopic (exact) mass is 427 g/mol. The number of hydrogen-bond donors (Lipinski definition) is 2. The Morgan fingerprint density at radius 2 is 1.91 bits per heavy atom. The van der Waals surface area contributed by atoms with Crippen molar-refractivity contribution in [3.8, 4) is 16.8 Å². The maximum absolute atomic E-state index is 12.6. The lowest BCUT2D eigenvalue weighted by Crippen LogP contribution is -2.30. The van der Waals surface area contributed by atoms with Crippen LogP contribution in [0.15, 0.2) is 59.5 Å². The van der Waals surface area contributed by atoms with Gasteiger partial charge in [-0.3, -0.25) is 4.79 Å². The van der Waals surface area contributed by atoms with Gasteiger partial charge in [0.15, 0.2) is 0 Å². The summed E-state index contributed by atoms with van der Waals surface area (Å²) >= 11 is 0. The molecule has 2 aromatic heterocycles. The Bertz CT molecular complexity index is 1340. The van der Waals surface area contributed by atoms with Gasteiger partial charge in [-0.1, -0.05) is 24.3 Å². The highest BCUT2D eigenvalue weighted by atomic mass is 16.2. The van der Waals surface area contributed by atoms with Crippen molar-refractivity contribution in [2.75, 3.05) is 13.1 Å². The highest BCUT2D eigenvalue weighted by molar-refractivity contribution is 5.95. The Hall–Kier alpha value is -3.61. The van der Waals surface area contributed by atoms with Gasteiger partial charge in [-0.2, -0.15) is 5.10 Å². The van der Waals surface area contributed by atoms with Crippen LogP contribution in [-0.2, 0) is 11.2 Å². The van der Waals surface area contributed by atoms with E-state index in [4.69, 9.17) is 0 Å². The largest absolute Gasteiger partial charge is 0.361 e. The summed E-state index contributed by atoms with van der Waals surface area (Å²) < 4.78 is 1.66. The average Bonchev–Trinajstić information content (AvgIpc) is 3.19. The van der Waals surface area contributed by atoms with Gasteiger partial charge in [-0.05, 0) is 60.6 Å². The number of amides is 1. The van der Waals surface area contributed by atoms with Crippen LogP contribution in [0.4, 0.5) is 0 Å². The molecule has 2 N–H and O–H groups in total. The van der Waals surface area contributed by atoms with E-state index in [9.17, 15) is 9.59 Å². The predicted octanol–water partition coefficient (Wildman–Crippen LogP) is 3.51. The van der Waals surface area contributed by atoms with Crippen molar-refractivity contribution in [3.05, 3.63) is 71.0 Å². The van der Waals surface area contributed by atoms with Crippen molar-refractivity contribution >= 4 is 16.8 Å². The fraction of sp³-hybridized carbons (Fsp3) is 0.320. The van der Waals surface area contributed by atoms with Crippen molar-refractivity contribution < 1.29 is 4.79 Å². The van der Waals surface area contributed by atoms with Gasteiger partial charge in [0.25, 0.3) is 0 Å². The first-order valence-corrected chi connectivity index (χ1v) is 11.3. The number of nitrogens with zero attached hydrogens (tertiary/aromatic N) is 3. The molecule has 1 atom stereocenters. The molecule has 0 radical (unpaired) electrons. The zero-order valence-electron chi connectivity index (χ0n) is 17.8. The number of H-pyrrole nitrogens is 2. The van der Waals surface area contributed by atoms with Crippen LogP contribution >= 0.6 is 0 Å². The van der Waals surface area contributed by atoms with Gasteiger partial charge < -0.3 is 9.88 Å². The van der Waals surface area contributed by atoms with Crippen LogP contribution in [0.5, 0.6) is 0 Å². The van der Waals surface area contributed by atoms with E-state index in [-0.39, 0.29) is 11.6 Å². The fourth-order valence-electron chi connectivity index (χ4n) is 4.91. The van der Waals surface area contributed by atoms with Crippen LogP contribution in [0, 0.1) is 11.8 Å². The molecule has 1 saturated heterocycles. The Morgan fingerprint density at radius 1 is 1.06 bits per heavy atom. The summed E-state index contributed by atoms with van der Waals surface area (Å²) in [6.45, 7) is 1.57. The Kier molecular flexibility index (Phi) is 4.48. The first-order valence-electron chi connectivity index (χ1n) is 11.3. The van der Waals surface area contributed by atoms with Gasteiger partial charge in [0.1, 0.15) is 5.82 Å². The van der Waals surface area contributed by atoms with E-state index in [1.807, 2.05) is 41.4 Å². The van der Waals surface area contributed by atoms with Crippen LogP contribution in [-0.4, -0.2) is 43.6 Å². The highest BCUT2D eigenvalue weighted by Gasteiger charge is 2.36. The van der Waals surface area contributed by atoms with Gasteiger partial charge in [-0.25, -0.2) is 14.5 Å². The van der Waals surface area contributed by atoms with Gasteiger partial charge in [-0.15, -0.1) is 0 Å². The number of aromatic nitrogens is 4. The molecule has 32 heavy (non-hydrogen) atoms. The number of benzene rings is 2. The van der Waals surface area contributed by atoms with Gasteiger partial charge in [0.2, 0.25) is 5.91 Å². The van der Waals surface area contributed by atoms with Crippen LogP contribution in [0.1, 0.15) is 25.1 Å². The number of nitrogens with one attached hydrogen (secondary N) is 2. The summed E-state index contributed by atoms with van der Waals surface area (Å²) in [6, 6.07) is 16.3. The molecule has 3 heterocycles. The molecule has 2 aliphatic rings. The van der Waals surface area contributed by atoms with E-state index in [0.717, 1.165) is 60.5 Å². The second-order valence-corrected chi connectivity index (χ2v) is 8.99. The average molecular weight is 428 g/mol. The van der Waals surface area contributed by atoms with Crippen LogP contribution < -0.4 is 5.69 Å². The second kappa shape index (κ2) is 7.51. The smallest absolute Gasteiger partial charge is 0.347 e. The number of fused-ring (bicyclic) bond motifs is 1. The summed E-state index contributed by atoms with van der Waals surface area (Å²) in [5.74, 6) is 1.62. The molecule has 2 fully saturated rings. The van der Waals surface area contributed by atoms with Crippen molar-refractivity contribution in [1.82, 2.24) is 24.6 Å². The van der Waals surface area contributed by atoms with E-state index in [1.54, 1.807) is 4.57 Å². The molecule has 7 nitrogen and oxygen atoms in total. The summed E-state index contributed by atoms with van der Waals surface area (Å²) in [7, 11) is 0. The minimum absolute atomic E-state index is 0.232. The molecule has 0 bridgehead atoms. The maximum atomic E-state index is 12.6. The third-order valence-corrected chi connectivity index (χ3v) is 6.77. The molecule has 1 aliphatic heterocycles. The van der Waals surface area contributed by atoms with E-state index in [2.05, 4.69) is 33.4 Å². The zero-order chi connectivity index (χ0) is 21.7. The second-order valence-electron chi connectivity index (χ2n) is 8.99. The summed E-state index contributed by atoms with van der Waals surface area (Å²) in [5, 5.41) is 8.09. The van der Waals surface area contributed by atoms with Crippen molar-refractivity contribution in [1.29, 1.82) is 0 Å². The lowest BCUT2D eigenvalue weighted by molar-refractivity contribution is -0.131. The number of carbonyl (C=O) groups excluding carboxylic acids is 1. The van der Waals surface area contributed by atoms with Gasteiger partial charge in [0, 0.05) is 42.5 Å². The number of aromatic amines is 2. The molecule has 1 amide bonds. The van der Waals surface area contributed by atoms with E-state index in [1.165, 1.54) is 5.39 Å². The minimum atomic E-state index is -0.232.